The van der Waals surface area contributed by atoms with Crippen LogP contribution < -0.4 is 11.3 Å². The van der Waals surface area contributed by atoms with Gasteiger partial charge in [0, 0.05) is 13.1 Å². The maximum absolute atomic E-state index is 5.57. The van der Waals surface area contributed by atoms with Gasteiger partial charge in [0.1, 0.15) is 10.7 Å². The highest BCUT2D eigenvalue weighted by atomic mass is 32.1. The lowest BCUT2D eigenvalue weighted by Gasteiger charge is -2.20. The monoisotopic (exact) mass is 306 g/mol. The van der Waals surface area contributed by atoms with Gasteiger partial charge in [0.15, 0.2) is 5.82 Å². The van der Waals surface area contributed by atoms with Crippen LogP contribution in [0.4, 0.5) is 5.82 Å². The van der Waals surface area contributed by atoms with E-state index in [0.29, 0.717) is 5.82 Å². The summed E-state index contributed by atoms with van der Waals surface area (Å²) < 4.78 is 0. The number of fused-ring (bicyclic) bond motifs is 1. The Kier molecular flexibility index (Phi) is 4.34. The van der Waals surface area contributed by atoms with Crippen molar-refractivity contribution in [2.24, 2.45) is 11.8 Å². The molecule has 1 unspecified atom stereocenters. The molecule has 21 heavy (non-hydrogen) atoms. The Hall–Kier alpha value is -1.28. The smallest absolute Gasteiger partial charge is 0.152 e. The molecule has 3 rings (SSSR count). The normalized spacial score (nSPS) is 19.7. The van der Waals surface area contributed by atoms with Gasteiger partial charge in [-0.05, 0) is 44.4 Å². The maximum Gasteiger partial charge on any atom is 0.152 e. The number of nitrogens with one attached hydrogen (secondary N) is 1. The number of thiophene rings is 1. The summed E-state index contributed by atoms with van der Waals surface area (Å²) in [6.07, 6.45) is 1.28. The number of hydrogen-bond donors (Lipinski definition) is 2. The molecule has 0 bridgehead atoms. The van der Waals surface area contributed by atoms with E-state index >= 15 is 0 Å². The van der Waals surface area contributed by atoms with Crippen molar-refractivity contribution in [1.82, 2.24) is 19.8 Å². The number of hydrazine groups is 1. The molecule has 3 heterocycles. The van der Waals surface area contributed by atoms with Crippen molar-refractivity contribution in [2.75, 3.05) is 39.2 Å². The first-order valence-electron chi connectivity index (χ1n) is 7.23. The van der Waals surface area contributed by atoms with Gasteiger partial charge >= 0.3 is 0 Å². The van der Waals surface area contributed by atoms with Gasteiger partial charge in [0.05, 0.1) is 11.9 Å². The largest absolute Gasteiger partial charge is 0.308 e. The molecule has 0 spiro atoms. The minimum atomic E-state index is 0.713. The number of aromatic nitrogens is 2. The summed E-state index contributed by atoms with van der Waals surface area (Å²) in [4.78, 5) is 14.8. The van der Waals surface area contributed by atoms with E-state index in [0.717, 1.165) is 35.0 Å². The lowest BCUT2D eigenvalue weighted by atomic mass is 10.1. The average Bonchev–Trinajstić information content (AvgIpc) is 3.06. The van der Waals surface area contributed by atoms with Gasteiger partial charge in [-0.2, -0.15) is 0 Å². The molecule has 6 nitrogen and oxygen atoms in total. The molecule has 1 saturated heterocycles. The molecule has 0 radical (unpaired) electrons. The van der Waals surface area contributed by atoms with Crippen LogP contribution >= 0.6 is 11.3 Å². The van der Waals surface area contributed by atoms with Gasteiger partial charge in [0.25, 0.3) is 0 Å². The first-order valence-corrected chi connectivity index (χ1v) is 8.11. The second kappa shape index (κ2) is 6.23. The second-order valence-electron chi connectivity index (χ2n) is 5.89. The third-order valence-corrected chi connectivity index (χ3v) is 4.78. The van der Waals surface area contributed by atoms with Crippen molar-refractivity contribution < 1.29 is 0 Å². The highest BCUT2D eigenvalue weighted by molar-refractivity contribution is 7.16. The van der Waals surface area contributed by atoms with Gasteiger partial charge in [0.2, 0.25) is 0 Å². The lowest BCUT2D eigenvalue weighted by molar-refractivity contribution is 0.262. The van der Waals surface area contributed by atoms with Crippen LogP contribution in [0.2, 0.25) is 0 Å². The Morgan fingerprint density at radius 1 is 1.52 bits per heavy atom. The molecule has 1 aliphatic rings. The topological polar surface area (TPSA) is 70.3 Å². The molecule has 1 atom stereocenters. The van der Waals surface area contributed by atoms with Gasteiger partial charge in [-0.1, -0.05) is 0 Å². The molecule has 3 N–H and O–H groups in total. The third kappa shape index (κ3) is 3.32. The molecule has 0 saturated carbocycles. The Labute approximate surface area is 128 Å². The Morgan fingerprint density at radius 2 is 2.38 bits per heavy atom. The molecule has 1 aliphatic heterocycles. The van der Waals surface area contributed by atoms with E-state index in [1.807, 2.05) is 11.4 Å². The van der Waals surface area contributed by atoms with Crippen LogP contribution in [0.25, 0.3) is 10.2 Å². The summed E-state index contributed by atoms with van der Waals surface area (Å²) >= 11 is 1.62. The minimum absolute atomic E-state index is 0.713. The molecule has 0 aliphatic carbocycles. The van der Waals surface area contributed by atoms with Crippen molar-refractivity contribution in [3.63, 3.8) is 0 Å². The van der Waals surface area contributed by atoms with Crippen LogP contribution in [-0.2, 0) is 6.54 Å². The van der Waals surface area contributed by atoms with E-state index in [1.165, 1.54) is 19.5 Å². The summed E-state index contributed by atoms with van der Waals surface area (Å²) in [6.45, 7) is 4.23. The van der Waals surface area contributed by atoms with Gasteiger partial charge < -0.3 is 10.3 Å². The number of likely N-dealkylation sites (tertiary alicyclic amines) is 1. The predicted octanol–water partition coefficient (Wildman–Crippen LogP) is 1.36. The van der Waals surface area contributed by atoms with E-state index in [1.54, 1.807) is 11.3 Å². The van der Waals surface area contributed by atoms with Gasteiger partial charge in [-0.25, -0.2) is 15.8 Å². The van der Waals surface area contributed by atoms with Crippen molar-refractivity contribution in [1.29, 1.82) is 0 Å². The Morgan fingerprint density at radius 3 is 3.10 bits per heavy atom. The lowest BCUT2D eigenvalue weighted by Crippen LogP contribution is -2.28. The van der Waals surface area contributed by atoms with E-state index in [2.05, 4.69) is 39.3 Å². The van der Waals surface area contributed by atoms with Gasteiger partial charge in [-0.3, -0.25) is 4.90 Å². The number of hydrogen-bond acceptors (Lipinski definition) is 7. The first-order chi connectivity index (χ1) is 10.2. The quantitative estimate of drug-likeness (QED) is 0.642. The van der Waals surface area contributed by atoms with Crippen molar-refractivity contribution in [3.8, 4) is 0 Å². The van der Waals surface area contributed by atoms with Crippen LogP contribution in [0.3, 0.4) is 0 Å². The van der Waals surface area contributed by atoms with Crippen LogP contribution in [-0.4, -0.2) is 53.5 Å². The average molecular weight is 306 g/mol. The van der Waals surface area contributed by atoms with Crippen LogP contribution in [0.5, 0.6) is 0 Å². The molecular weight excluding hydrogens is 284 g/mol. The number of nitrogens with two attached hydrogens (primary N) is 1. The van der Waals surface area contributed by atoms with Crippen LogP contribution in [0, 0.1) is 5.92 Å². The zero-order chi connectivity index (χ0) is 14.8. The molecule has 2 aromatic rings. The third-order valence-electron chi connectivity index (χ3n) is 3.98. The first kappa shape index (κ1) is 14.6. The number of anilines is 1. The standard InChI is InChI=1S/C14H22N6S/c1-19-5-3-10(7-19)8-20(2)9-12-16-13(18-15)11-4-6-21-14(11)17-12/h4,6,10H,3,5,7-9,15H2,1-2H3,(H,16,17,18). The highest BCUT2D eigenvalue weighted by Crippen LogP contribution is 2.25. The predicted molar refractivity (Wildman–Crippen MR) is 87.2 cm³/mol. The maximum atomic E-state index is 5.57. The number of nitrogen functional groups attached to an aromatic ring is 1. The molecule has 0 aromatic carbocycles. The fourth-order valence-electron chi connectivity index (χ4n) is 3.00. The van der Waals surface area contributed by atoms with Crippen molar-refractivity contribution >= 4 is 27.4 Å². The number of nitrogens with zero attached hydrogens (tertiary/aromatic N) is 4. The number of rotatable bonds is 5. The molecule has 7 heteroatoms. The van der Waals surface area contributed by atoms with E-state index in [4.69, 9.17) is 5.84 Å². The second-order valence-corrected chi connectivity index (χ2v) is 6.78. The Bertz CT molecular complexity index is 613. The summed E-state index contributed by atoms with van der Waals surface area (Å²) in [5.74, 6) is 7.85. The van der Waals surface area contributed by atoms with E-state index in [9.17, 15) is 0 Å². The SMILES string of the molecule is CN1CCC(CN(C)Cc2nc(NN)c3ccsc3n2)C1. The summed E-state index contributed by atoms with van der Waals surface area (Å²) in [6, 6.07) is 2.00. The summed E-state index contributed by atoms with van der Waals surface area (Å²) in [5.41, 5.74) is 2.68. The molecular formula is C14H22N6S. The zero-order valence-electron chi connectivity index (χ0n) is 12.5. The summed E-state index contributed by atoms with van der Waals surface area (Å²) in [5, 5.41) is 3.01. The van der Waals surface area contributed by atoms with Crippen LogP contribution in [0.1, 0.15) is 12.2 Å². The summed E-state index contributed by atoms with van der Waals surface area (Å²) in [7, 11) is 4.32. The molecule has 114 valence electrons. The van der Waals surface area contributed by atoms with E-state index in [-0.39, 0.29) is 0 Å². The minimum Gasteiger partial charge on any atom is -0.308 e. The fraction of sp³-hybridized carbons (Fsp3) is 0.571. The highest BCUT2D eigenvalue weighted by Gasteiger charge is 2.21. The fourth-order valence-corrected chi connectivity index (χ4v) is 3.79. The molecule has 2 aromatic heterocycles. The van der Waals surface area contributed by atoms with Crippen molar-refractivity contribution in [2.45, 2.75) is 13.0 Å². The molecule has 0 amide bonds. The van der Waals surface area contributed by atoms with Crippen molar-refractivity contribution in [3.05, 3.63) is 17.3 Å². The Balaban J connectivity index is 1.69. The molecule has 1 fully saturated rings. The zero-order valence-corrected chi connectivity index (χ0v) is 13.4. The van der Waals surface area contributed by atoms with Gasteiger partial charge in [-0.15, -0.1) is 11.3 Å². The van der Waals surface area contributed by atoms with E-state index < -0.39 is 0 Å². The van der Waals surface area contributed by atoms with Crippen LogP contribution in [0.15, 0.2) is 11.4 Å².